The molecule has 1 N–H and O–H groups in total. The van der Waals surface area contributed by atoms with E-state index in [1.807, 2.05) is 0 Å². The Morgan fingerprint density at radius 1 is 1.11 bits per heavy atom. The summed E-state index contributed by atoms with van der Waals surface area (Å²) in [5, 5.41) is 3.61. The highest BCUT2D eigenvalue weighted by Gasteiger charge is 2.25. The van der Waals surface area contributed by atoms with Gasteiger partial charge in [-0.1, -0.05) is 6.92 Å². The second-order valence-corrected chi connectivity index (χ2v) is 6.46. The van der Waals surface area contributed by atoms with E-state index in [0.29, 0.717) is 5.92 Å². The molecule has 0 bridgehead atoms. The summed E-state index contributed by atoms with van der Waals surface area (Å²) >= 11 is 0. The lowest BCUT2D eigenvalue weighted by Crippen LogP contribution is -2.23. The summed E-state index contributed by atoms with van der Waals surface area (Å²) in [6.07, 6.45) is 6.51. The maximum Gasteiger partial charge on any atom is 0.129 e. The number of nitrogens with zero attached hydrogens (tertiary/aromatic N) is 2. The lowest BCUT2D eigenvalue weighted by Gasteiger charge is -2.18. The Bertz CT molecular complexity index is 438. The van der Waals surface area contributed by atoms with Gasteiger partial charge in [-0.2, -0.15) is 0 Å². The van der Waals surface area contributed by atoms with Crippen molar-refractivity contribution < 1.29 is 0 Å². The van der Waals surface area contributed by atoms with E-state index in [1.54, 1.807) is 0 Å². The van der Waals surface area contributed by atoms with E-state index in [4.69, 9.17) is 9.97 Å². The van der Waals surface area contributed by atoms with Crippen molar-refractivity contribution in [1.29, 1.82) is 0 Å². The van der Waals surface area contributed by atoms with Crippen LogP contribution in [-0.4, -0.2) is 22.6 Å². The molecule has 0 spiro atoms. The average Bonchev–Trinajstić information content (AvgIpc) is 3.20. The fourth-order valence-electron chi connectivity index (χ4n) is 2.91. The number of hydrogen-bond acceptors (Lipinski definition) is 3. The highest BCUT2D eigenvalue weighted by molar-refractivity contribution is 5.28. The van der Waals surface area contributed by atoms with E-state index < -0.39 is 0 Å². The minimum Gasteiger partial charge on any atom is -0.313 e. The first-order chi connectivity index (χ1) is 9.13. The molecule has 3 heteroatoms. The van der Waals surface area contributed by atoms with Crippen molar-refractivity contribution >= 4 is 0 Å². The van der Waals surface area contributed by atoms with Crippen LogP contribution in [0, 0.1) is 19.8 Å². The van der Waals surface area contributed by atoms with Gasteiger partial charge in [-0.05, 0) is 56.9 Å². The second-order valence-electron chi connectivity index (χ2n) is 6.46. The molecule has 1 atom stereocenters. The highest BCUT2D eigenvalue weighted by Crippen LogP contribution is 2.32. The minimum absolute atomic E-state index is 0.510. The highest BCUT2D eigenvalue weighted by atomic mass is 15.0. The van der Waals surface area contributed by atoms with Gasteiger partial charge in [0.05, 0.1) is 0 Å². The standard InChI is InChI=1S/C16H25N3/c1-10(9-17-14-6-7-14)16-11(2)18-15(19-12(16)3)8-13-4-5-13/h10,13-14,17H,4-9H2,1-3H3. The van der Waals surface area contributed by atoms with Crippen LogP contribution in [0.15, 0.2) is 0 Å². The van der Waals surface area contributed by atoms with Gasteiger partial charge in [0, 0.05) is 30.4 Å². The van der Waals surface area contributed by atoms with Gasteiger partial charge in [0.2, 0.25) is 0 Å². The van der Waals surface area contributed by atoms with E-state index in [2.05, 4.69) is 26.1 Å². The monoisotopic (exact) mass is 259 g/mol. The van der Waals surface area contributed by atoms with Gasteiger partial charge in [-0.25, -0.2) is 9.97 Å². The Balaban J connectivity index is 1.71. The Labute approximate surface area is 116 Å². The van der Waals surface area contributed by atoms with E-state index in [0.717, 1.165) is 30.7 Å². The average molecular weight is 259 g/mol. The molecule has 2 saturated carbocycles. The van der Waals surface area contributed by atoms with Crippen LogP contribution in [0.2, 0.25) is 0 Å². The first-order valence-corrected chi connectivity index (χ1v) is 7.71. The van der Waals surface area contributed by atoms with Crippen LogP contribution in [0.3, 0.4) is 0 Å². The second kappa shape index (κ2) is 5.20. The van der Waals surface area contributed by atoms with Gasteiger partial charge in [0.1, 0.15) is 5.82 Å². The summed E-state index contributed by atoms with van der Waals surface area (Å²) < 4.78 is 0. The first kappa shape index (κ1) is 13.0. The van der Waals surface area contributed by atoms with Crippen molar-refractivity contribution in [2.45, 2.75) is 64.8 Å². The molecule has 1 aromatic heterocycles. The topological polar surface area (TPSA) is 37.8 Å². The zero-order valence-corrected chi connectivity index (χ0v) is 12.4. The summed E-state index contributed by atoms with van der Waals surface area (Å²) in [7, 11) is 0. The fourth-order valence-corrected chi connectivity index (χ4v) is 2.91. The van der Waals surface area contributed by atoms with Gasteiger partial charge in [-0.3, -0.25) is 0 Å². The van der Waals surface area contributed by atoms with Crippen LogP contribution < -0.4 is 5.32 Å². The molecule has 0 aromatic carbocycles. The van der Waals surface area contributed by atoms with Crippen LogP contribution >= 0.6 is 0 Å². The van der Waals surface area contributed by atoms with Crippen LogP contribution in [0.5, 0.6) is 0 Å². The Kier molecular flexibility index (Phi) is 3.57. The third-order valence-electron chi connectivity index (χ3n) is 4.32. The van der Waals surface area contributed by atoms with Gasteiger partial charge in [0.25, 0.3) is 0 Å². The Morgan fingerprint density at radius 3 is 2.26 bits per heavy atom. The summed E-state index contributed by atoms with van der Waals surface area (Å²) in [6, 6.07) is 0.776. The molecular formula is C16H25N3. The Morgan fingerprint density at radius 2 is 1.74 bits per heavy atom. The molecule has 1 heterocycles. The molecule has 1 unspecified atom stereocenters. The molecular weight excluding hydrogens is 234 g/mol. The molecule has 0 saturated heterocycles. The number of aromatic nitrogens is 2. The van der Waals surface area contributed by atoms with Crippen LogP contribution in [0.4, 0.5) is 0 Å². The molecule has 3 nitrogen and oxygen atoms in total. The fraction of sp³-hybridized carbons (Fsp3) is 0.750. The molecule has 2 aliphatic rings. The normalized spacial score (nSPS) is 20.6. The lowest BCUT2D eigenvalue weighted by molar-refractivity contribution is 0.600. The van der Waals surface area contributed by atoms with Crippen molar-refractivity contribution in [3.05, 3.63) is 22.8 Å². The van der Waals surface area contributed by atoms with Crippen molar-refractivity contribution in [1.82, 2.24) is 15.3 Å². The zero-order chi connectivity index (χ0) is 13.4. The number of hydrogen-bond donors (Lipinski definition) is 1. The minimum atomic E-state index is 0.510. The van der Waals surface area contributed by atoms with E-state index in [-0.39, 0.29) is 0 Å². The molecule has 3 rings (SSSR count). The predicted molar refractivity (Wildman–Crippen MR) is 77.4 cm³/mol. The molecule has 104 valence electrons. The third kappa shape index (κ3) is 3.33. The Hall–Kier alpha value is -0.960. The van der Waals surface area contributed by atoms with Crippen LogP contribution in [0.1, 0.15) is 61.3 Å². The summed E-state index contributed by atoms with van der Waals surface area (Å²) in [6.45, 7) is 7.63. The van der Waals surface area contributed by atoms with Gasteiger partial charge in [0.15, 0.2) is 0 Å². The smallest absolute Gasteiger partial charge is 0.129 e. The molecule has 0 radical (unpaired) electrons. The number of aryl methyl sites for hydroxylation is 2. The van der Waals surface area contributed by atoms with E-state index in [1.165, 1.54) is 42.6 Å². The van der Waals surface area contributed by atoms with Crippen LogP contribution in [-0.2, 0) is 6.42 Å². The maximum absolute atomic E-state index is 4.74. The van der Waals surface area contributed by atoms with Gasteiger partial charge < -0.3 is 5.32 Å². The van der Waals surface area contributed by atoms with Crippen molar-refractivity contribution in [3.63, 3.8) is 0 Å². The first-order valence-electron chi connectivity index (χ1n) is 7.71. The van der Waals surface area contributed by atoms with Crippen molar-refractivity contribution in [3.8, 4) is 0 Å². The third-order valence-corrected chi connectivity index (χ3v) is 4.32. The summed E-state index contributed by atoms with van der Waals surface area (Å²) in [5.41, 5.74) is 3.73. The molecule has 1 aromatic rings. The number of nitrogens with one attached hydrogen (secondary N) is 1. The van der Waals surface area contributed by atoms with Crippen molar-refractivity contribution in [2.24, 2.45) is 5.92 Å². The van der Waals surface area contributed by atoms with Gasteiger partial charge in [-0.15, -0.1) is 0 Å². The van der Waals surface area contributed by atoms with Crippen LogP contribution in [0.25, 0.3) is 0 Å². The zero-order valence-electron chi connectivity index (χ0n) is 12.4. The SMILES string of the molecule is Cc1nc(CC2CC2)nc(C)c1C(C)CNC1CC1. The summed E-state index contributed by atoms with van der Waals surface area (Å²) in [5.74, 6) is 2.43. The molecule has 0 amide bonds. The largest absolute Gasteiger partial charge is 0.313 e. The summed E-state index contributed by atoms with van der Waals surface area (Å²) in [4.78, 5) is 9.48. The molecule has 2 aliphatic carbocycles. The van der Waals surface area contributed by atoms with E-state index >= 15 is 0 Å². The molecule has 2 fully saturated rings. The van der Waals surface area contributed by atoms with Crippen molar-refractivity contribution in [2.75, 3.05) is 6.54 Å². The molecule has 19 heavy (non-hydrogen) atoms. The predicted octanol–water partition coefficient (Wildman–Crippen LogP) is 2.90. The molecule has 0 aliphatic heterocycles. The van der Waals surface area contributed by atoms with Gasteiger partial charge >= 0.3 is 0 Å². The quantitative estimate of drug-likeness (QED) is 0.853. The lowest BCUT2D eigenvalue weighted by atomic mass is 9.97. The van der Waals surface area contributed by atoms with E-state index in [9.17, 15) is 0 Å². The number of rotatable bonds is 6. The maximum atomic E-state index is 4.74.